The van der Waals surface area contributed by atoms with E-state index in [0.717, 1.165) is 20.1 Å². The molecular formula is C21H15Br2N3O3. The Morgan fingerprint density at radius 3 is 2.69 bits per heavy atom. The van der Waals surface area contributed by atoms with E-state index in [-0.39, 0.29) is 12.5 Å². The van der Waals surface area contributed by atoms with Gasteiger partial charge in [0.25, 0.3) is 5.91 Å². The molecule has 2 heterocycles. The summed E-state index contributed by atoms with van der Waals surface area (Å²) in [6, 6.07) is 14.7. The number of rotatable bonds is 5. The monoisotopic (exact) mass is 515 g/mol. The van der Waals surface area contributed by atoms with Crippen LogP contribution in [0.25, 0.3) is 22.7 Å². The molecule has 0 bridgehead atoms. The number of carbonyl (C=O) groups is 1. The number of nitrogens with one attached hydrogen (secondary N) is 1. The number of carbonyl (C=O) groups excluding carboxylic acids is 1. The molecule has 2 aromatic heterocycles. The molecular weight excluding hydrogens is 502 g/mol. The third kappa shape index (κ3) is 4.49. The zero-order valence-electron chi connectivity index (χ0n) is 15.3. The SMILES string of the molecule is Cc1cc(Br)cc(Br)c1OCC(=O)Nc1ccc(-c2nc3ncccc3o2)cc1. The fourth-order valence-electron chi connectivity index (χ4n) is 2.80. The maximum Gasteiger partial charge on any atom is 0.262 e. The molecule has 4 rings (SSSR count). The van der Waals surface area contributed by atoms with E-state index in [1.54, 1.807) is 24.4 Å². The summed E-state index contributed by atoms with van der Waals surface area (Å²) < 4.78 is 13.1. The number of anilines is 1. The highest BCUT2D eigenvalue weighted by molar-refractivity contribution is 9.11. The minimum atomic E-state index is -0.252. The quantitative estimate of drug-likeness (QED) is 0.366. The lowest BCUT2D eigenvalue weighted by atomic mass is 10.2. The van der Waals surface area contributed by atoms with Gasteiger partial charge in [-0.2, -0.15) is 4.98 Å². The average Bonchev–Trinajstić information content (AvgIpc) is 3.12. The van der Waals surface area contributed by atoms with Crippen molar-refractivity contribution in [1.82, 2.24) is 9.97 Å². The fourth-order valence-corrected chi connectivity index (χ4v) is 4.35. The first-order valence-electron chi connectivity index (χ1n) is 8.70. The lowest BCUT2D eigenvalue weighted by Gasteiger charge is -2.12. The van der Waals surface area contributed by atoms with Crippen LogP contribution in [0.3, 0.4) is 0 Å². The molecule has 1 N–H and O–H groups in total. The number of ether oxygens (including phenoxy) is 1. The van der Waals surface area contributed by atoms with Crippen molar-refractivity contribution in [3.05, 3.63) is 69.2 Å². The van der Waals surface area contributed by atoms with E-state index >= 15 is 0 Å². The molecule has 1 amide bonds. The summed E-state index contributed by atoms with van der Waals surface area (Å²) in [7, 11) is 0. The van der Waals surface area contributed by atoms with Gasteiger partial charge >= 0.3 is 0 Å². The van der Waals surface area contributed by atoms with Crippen molar-refractivity contribution < 1.29 is 13.9 Å². The molecule has 0 aliphatic carbocycles. The Hall–Kier alpha value is -2.71. The Morgan fingerprint density at radius 1 is 1.17 bits per heavy atom. The van der Waals surface area contributed by atoms with Crippen molar-refractivity contribution in [2.75, 3.05) is 11.9 Å². The smallest absolute Gasteiger partial charge is 0.262 e. The molecule has 0 saturated carbocycles. The van der Waals surface area contributed by atoms with E-state index in [1.807, 2.05) is 37.3 Å². The zero-order valence-corrected chi connectivity index (χ0v) is 18.5. The number of aryl methyl sites for hydroxylation is 1. The lowest BCUT2D eigenvalue weighted by Crippen LogP contribution is -2.20. The van der Waals surface area contributed by atoms with E-state index in [4.69, 9.17) is 9.15 Å². The fraction of sp³-hybridized carbons (Fsp3) is 0.0952. The van der Waals surface area contributed by atoms with Gasteiger partial charge in [-0.15, -0.1) is 0 Å². The first-order valence-corrected chi connectivity index (χ1v) is 10.3. The highest BCUT2D eigenvalue weighted by Gasteiger charge is 2.11. The molecule has 0 aliphatic rings. The second kappa shape index (κ2) is 8.34. The van der Waals surface area contributed by atoms with Crippen LogP contribution in [-0.2, 0) is 4.79 Å². The van der Waals surface area contributed by atoms with Crippen molar-refractivity contribution in [1.29, 1.82) is 0 Å². The van der Waals surface area contributed by atoms with E-state index in [2.05, 4.69) is 47.1 Å². The van der Waals surface area contributed by atoms with Crippen LogP contribution in [0.4, 0.5) is 5.69 Å². The summed E-state index contributed by atoms with van der Waals surface area (Å²) in [5, 5.41) is 2.82. The number of amides is 1. The van der Waals surface area contributed by atoms with Gasteiger partial charge < -0.3 is 14.5 Å². The molecule has 0 spiro atoms. The highest BCUT2D eigenvalue weighted by atomic mass is 79.9. The molecule has 146 valence electrons. The van der Waals surface area contributed by atoms with Crippen molar-refractivity contribution in [2.24, 2.45) is 0 Å². The Bertz CT molecular complexity index is 1130. The van der Waals surface area contributed by atoms with E-state index in [0.29, 0.717) is 28.6 Å². The molecule has 2 aromatic carbocycles. The second-order valence-electron chi connectivity index (χ2n) is 6.29. The summed E-state index contributed by atoms with van der Waals surface area (Å²) in [5.41, 5.74) is 3.57. The summed E-state index contributed by atoms with van der Waals surface area (Å²) in [6.07, 6.45) is 1.67. The number of halogens is 2. The van der Waals surface area contributed by atoms with Gasteiger partial charge in [0.15, 0.2) is 17.8 Å². The third-order valence-electron chi connectivity index (χ3n) is 4.12. The maximum atomic E-state index is 12.2. The largest absolute Gasteiger partial charge is 0.482 e. The predicted octanol–water partition coefficient (Wildman–Crippen LogP) is 5.74. The highest BCUT2D eigenvalue weighted by Crippen LogP contribution is 2.32. The van der Waals surface area contributed by atoms with Crippen molar-refractivity contribution in [3.8, 4) is 17.2 Å². The molecule has 6 nitrogen and oxygen atoms in total. The topological polar surface area (TPSA) is 77.2 Å². The van der Waals surface area contributed by atoms with Crippen LogP contribution in [-0.4, -0.2) is 22.5 Å². The van der Waals surface area contributed by atoms with Crippen molar-refractivity contribution in [3.63, 3.8) is 0 Å². The zero-order chi connectivity index (χ0) is 20.4. The predicted molar refractivity (Wildman–Crippen MR) is 118 cm³/mol. The van der Waals surface area contributed by atoms with Gasteiger partial charge in [0.05, 0.1) is 4.47 Å². The van der Waals surface area contributed by atoms with Crippen LogP contribution < -0.4 is 10.1 Å². The summed E-state index contributed by atoms with van der Waals surface area (Å²) in [4.78, 5) is 20.8. The van der Waals surface area contributed by atoms with Crippen LogP contribution in [0.1, 0.15) is 5.56 Å². The molecule has 0 aliphatic heterocycles. The van der Waals surface area contributed by atoms with E-state index in [9.17, 15) is 4.79 Å². The van der Waals surface area contributed by atoms with E-state index < -0.39 is 0 Å². The minimum Gasteiger partial charge on any atom is -0.482 e. The number of pyridine rings is 1. The Morgan fingerprint density at radius 2 is 1.97 bits per heavy atom. The average molecular weight is 517 g/mol. The molecule has 0 radical (unpaired) electrons. The van der Waals surface area contributed by atoms with Gasteiger partial charge in [0, 0.05) is 21.9 Å². The molecule has 29 heavy (non-hydrogen) atoms. The van der Waals surface area contributed by atoms with Crippen LogP contribution in [0, 0.1) is 6.92 Å². The number of oxazole rings is 1. The number of aromatic nitrogens is 2. The van der Waals surface area contributed by atoms with Gasteiger partial charge in [-0.05, 0) is 76.9 Å². The molecule has 0 unspecified atom stereocenters. The number of hydrogen-bond donors (Lipinski definition) is 1. The summed E-state index contributed by atoms with van der Waals surface area (Å²) in [5.74, 6) is 0.872. The first-order chi connectivity index (χ1) is 14.0. The van der Waals surface area contributed by atoms with Crippen molar-refractivity contribution in [2.45, 2.75) is 6.92 Å². The number of benzene rings is 2. The molecule has 0 saturated heterocycles. The number of fused-ring (bicyclic) bond motifs is 1. The molecule has 0 atom stereocenters. The minimum absolute atomic E-state index is 0.0976. The Balaban J connectivity index is 1.40. The Labute approximate surface area is 183 Å². The Kier molecular flexibility index (Phi) is 5.64. The van der Waals surface area contributed by atoms with Gasteiger partial charge in [0.2, 0.25) is 5.89 Å². The summed E-state index contributed by atoms with van der Waals surface area (Å²) in [6.45, 7) is 1.82. The lowest BCUT2D eigenvalue weighted by molar-refractivity contribution is -0.118. The third-order valence-corrected chi connectivity index (χ3v) is 5.17. The van der Waals surface area contributed by atoms with Crippen LogP contribution in [0.15, 0.2) is 68.1 Å². The van der Waals surface area contributed by atoms with Gasteiger partial charge in [-0.1, -0.05) is 15.9 Å². The molecule has 8 heteroatoms. The van der Waals surface area contributed by atoms with Gasteiger partial charge in [0.1, 0.15) is 5.75 Å². The number of nitrogens with zero attached hydrogens (tertiary/aromatic N) is 2. The van der Waals surface area contributed by atoms with Gasteiger partial charge in [-0.25, -0.2) is 4.98 Å². The van der Waals surface area contributed by atoms with Crippen LogP contribution in [0.5, 0.6) is 5.75 Å². The van der Waals surface area contributed by atoms with Gasteiger partial charge in [-0.3, -0.25) is 4.79 Å². The number of hydrogen-bond acceptors (Lipinski definition) is 5. The summed E-state index contributed by atoms with van der Waals surface area (Å²) >= 11 is 6.88. The molecule has 4 aromatic rings. The van der Waals surface area contributed by atoms with Crippen molar-refractivity contribution >= 4 is 54.7 Å². The van der Waals surface area contributed by atoms with Crippen LogP contribution >= 0.6 is 31.9 Å². The maximum absolute atomic E-state index is 12.2. The normalized spacial score (nSPS) is 10.9. The standard InChI is InChI=1S/C21H15Br2N3O3/c1-12-9-14(22)10-16(23)19(12)28-11-18(27)25-15-6-4-13(5-7-15)21-26-20-17(29-21)3-2-8-24-20/h2-10H,11H2,1H3,(H,25,27). The second-order valence-corrected chi connectivity index (χ2v) is 8.06. The van der Waals surface area contributed by atoms with E-state index in [1.165, 1.54) is 0 Å². The van der Waals surface area contributed by atoms with Crippen LogP contribution in [0.2, 0.25) is 0 Å². The molecule has 0 fully saturated rings. The first kappa shape index (κ1) is 19.6.